The number of hydrogen-bond acceptors (Lipinski definition) is 25. The molecule has 0 amide bonds. The van der Waals surface area contributed by atoms with Crippen molar-refractivity contribution >= 4 is 61.1 Å². The topological polar surface area (TPSA) is 535 Å². The number of benzene rings is 10. The molecule has 0 atom stereocenters. The molecule has 0 aliphatic rings. The Balaban J connectivity index is 0.000000112. The lowest BCUT2D eigenvalue weighted by atomic mass is 10.0. The standard InChI is InChI=1S/C24H22N6O2.C23H20N6O.C21H20N8O.C18H14N4O3.C18H16N4O2/c1-30-22(24-27-18-9-3-14(12-25)11-19(18)28-24)23(31)21(29-30)16-6-4-15(5-7-16)17-8-10-20(32-2)26-13-17;1-29-21(23-26-18-7-2-14(13-24)12-19(18)27-23)22(30)20(28-29)17-5-3-15(4-6-17)16-8-10-25-11-9-16;1-28-19(21-24-16-7-4-14(11-22)10-17(16)25-21)20(30)18(26-28)15-5-2-13(3-6-15)12-29-9-8-23-27-29;1-22-15(16(23)14(21-22)10-5-3-2-4-6-10)17-19-12-8-7-11(18(24)25)9-13(12)20-17;1-22-16(17(24)15(21-22)12-5-3-2-4-6-12)18-19-13-8-7-11(10-23)9-14(13)20-18/h3-11,13,31H,12,25H2,1-2H3,(H,27,28);2-12,30H,13,24H2,1H3,(H,26,27);2-10,30H,11-12,22H2,1H3,(H,24,25);2-9,23H,1H3,(H,19,20)(H,24,25);2-9,23-24H,10H2,1H3,(H,19,20). The van der Waals surface area contributed by atoms with Gasteiger partial charge >= 0.3 is 5.97 Å². The molecule has 0 aliphatic carbocycles. The van der Waals surface area contributed by atoms with Crippen molar-refractivity contribution in [2.45, 2.75) is 32.8 Å². The van der Waals surface area contributed by atoms with Crippen LogP contribution in [0, 0.1) is 0 Å². The number of rotatable bonds is 20. The summed E-state index contributed by atoms with van der Waals surface area (Å²) in [5.74, 6) is 2.55. The third-order valence-corrected chi connectivity index (χ3v) is 23.8. The average molecular weight is 1880 g/mol. The Morgan fingerprint density at radius 3 is 0.979 bits per heavy atom. The molecule has 0 saturated carbocycles. The quantitative estimate of drug-likeness (QED) is 0.0337. The Kier molecular flexibility index (Phi) is 25.4. The number of carboxylic acids is 1. The number of carboxylic acid groups (broad SMARTS) is 1. The highest BCUT2D eigenvalue weighted by atomic mass is 16.5. The summed E-state index contributed by atoms with van der Waals surface area (Å²) >= 11 is 0. The van der Waals surface area contributed by atoms with E-state index in [4.69, 9.17) is 27.0 Å². The van der Waals surface area contributed by atoms with Crippen LogP contribution in [0.25, 0.3) is 191 Å². The Hall–Kier alpha value is -18.8. The number of aryl methyl sites for hydroxylation is 5. The number of H-pyrrole nitrogens is 5. The van der Waals surface area contributed by atoms with Crippen LogP contribution < -0.4 is 21.9 Å². The first-order chi connectivity index (χ1) is 68.5. The van der Waals surface area contributed by atoms with Gasteiger partial charge in [-0.3, -0.25) is 28.4 Å². The molecular formula is C104H92N28O9. The zero-order chi connectivity index (χ0) is 97.8. The summed E-state index contributed by atoms with van der Waals surface area (Å²) in [5.41, 5.74) is 43.3. The largest absolute Gasteiger partial charge is 0.504 e. The summed E-state index contributed by atoms with van der Waals surface area (Å²) < 4.78 is 14.9. The number of fused-ring (bicyclic) bond motifs is 5. The smallest absolute Gasteiger partial charge is 0.335 e. The average Bonchev–Trinajstić information content (AvgIpc) is 1.64. The lowest BCUT2D eigenvalue weighted by Crippen LogP contribution is -2.00. The maximum absolute atomic E-state index is 11.1. The third kappa shape index (κ3) is 18.7. The van der Waals surface area contributed by atoms with E-state index in [-0.39, 0.29) is 40.9 Å². The fourth-order valence-corrected chi connectivity index (χ4v) is 16.6. The second-order valence-corrected chi connectivity index (χ2v) is 33.0. The molecule has 0 unspecified atom stereocenters. The fraction of sp³-hybridized carbons (Fsp3) is 0.106. The van der Waals surface area contributed by atoms with E-state index in [1.807, 2.05) is 237 Å². The lowest BCUT2D eigenvalue weighted by molar-refractivity contribution is 0.0696. The number of nitrogens with two attached hydrogens (primary N) is 3. The van der Waals surface area contributed by atoms with Gasteiger partial charge in [-0.15, -0.1) is 5.10 Å². The highest BCUT2D eigenvalue weighted by molar-refractivity contribution is 5.94. The van der Waals surface area contributed by atoms with Crippen molar-refractivity contribution in [1.29, 1.82) is 0 Å². The highest BCUT2D eigenvalue weighted by Crippen LogP contribution is 2.44. The van der Waals surface area contributed by atoms with Gasteiger partial charge in [0.05, 0.1) is 87.2 Å². The number of imidazole rings is 5. The van der Waals surface area contributed by atoms with Crippen LogP contribution in [0.2, 0.25) is 0 Å². The number of aromatic hydroxyl groups is 5. The third-order valence-electron chi connectivity index (χ3n) is 23.8. The first-order valence-electron chi connectivity index (χ1n) is 44.4. The van der Waals surface area contributed by atoms with Gasteiger partial charge < -0.3 is 82.6 Å². The number of carbonyl (C=O) groups is 1. The molecular weight excluding hydrogens is 1790 g/mol. The van der Waals surface area contributed by atoms with E-state index in [0.717, 1.165) is 122 Å². The summed E-state index contributed by atoms with van der Waals surface area (Å²) in [6.45, 7) is 1.97. The van der Waals surface area contributed by atoms with Crippen LogP contribution in [0.5, 0.6) is 34.6 Å². The minimum absolute atomic E-state index is 0.0196. The molecule has 0 fully saturated rings. The van der Waals surface area contributed by atoms with Crippen LogP contribution in [0.3, 0.4) is 0 Å². The monoisotopic (exact) mass is 1880 g/mol. The van der Waals surface area contributed by atoms with E-state index in [1.54, 1.807) is 101 Å². The minimum Gasteiger partial charge on any atom is -0.504 e. The van der Waals surface area contributed by atoms with Crippen LogP contribution in [-0.2, 0) is 68.0 Å². The van der Waals surface area contributed by atoms with Gasteiger partial charge in [0.2, 0.25) is 5.88 Å². The second-order valence-electron chi connectivity index (χ2n) is 33.0. The molecule has 10 aromatic carbocycles. The molecule has 23 aromatic rings. The van der Waals surface area contributed by atoms with E-state index >= 15 is 0 Å². The number of aliphatic hydroxyl groups is 1. The van der Waals surface area contributed by atoms with E-state index in [0.29, 0.717) is 129 Å². The predicted molar refractivity (Wildman–Crippen MR) is 536 cm³/mol. The van der Waals surface area contributed by atoms with Gasteiger partial charge in [-0.05, 0) is 129 Å². The fourth-order valence-electron chi connectivity index (χ4n) is 16.6. The summed E-state index contributed by atoms with van der Waals surface area (Å²) in [7, 11) is 10.4. The SMILES string of the molecule is COc1ccc(-c2ccc(-c3nn(C)c(-c4nc5ccc(CN)cc5[nH]4)c3O)cc2)cn1.Cn1nc(-c2ccc(-c3ccncc3)cc2)c(O)c1-c1nc2ccc(CN)cc2[nH]1.Cn1nc(-c2ccc(Cn3ccnn3)cc2)c(O)c1-c1nc2ccc(CN)cc2[nH]1.Cn1nc(-c2ccccc2)c(O)c1-c1nc2ccc(C(=O)O)cc2[nH]1.Cn1nc(-c2ccccc2)c(O)c1-c1nc2ccc(CO)cc2[nH]1. The number of hydrogen-bond donors (Lipinski definition) is 15. The van der Waals surface area contributed by atoms with Crippen LogP contribution in [-0.4, -0.2) is 173 Å². The van der Waals surface area contributed by atoms with Gasteiger partial charge in [0.1, 0.15) is 56.9 Å². The molecule has 0 radical (unpaired) electrons. The molecule has 0 bridgehead atoms. The van der Waals surface area contributed by atoms with Crippen molar-refractivity contribution in [1.82, 2.24) is 124 Å². The molecule has 18 N–H and O–H groups in total. The number of ether oxygens (including phenoxy) is 1. The number of aliphatic hydroxyl groups excluding tert-OH is 1. The molecule has 141 heavy (non-hydrogen) atoms. The highest BCUT2D eigenvalue weighted by Gasteiger charge is 2.28. The number of methoxy groups -OCH3 is 1. The van der Waals surface area contributed by atoms with Crippen molar-refractivity contribution < 1.29 is 45.3 Å². The minimum atomic E-state index is -1.01. The number of pyridine rings is 2. The van der Waals surface area contributed by atoms with Crippen molar-refractivity contribution in [3.8, 4) is 171 Å². The van der Waals surface area contributed by atoms with Crippen LogP contribution in [0.4, 0.5) is 0 Å². The van der Waals surface area contributed by atoms with E-state index in [9.17, 15) is 35.4 Å². The summed E-state index contributed by atoms with van der Waals surface area (Å²) in [6, 6.07) is 77.8. The molecule has 702 valence electrons. The predicted octanol–water partition coefficient (Wildman–Crippen LogP) is 16.0. The molecule has 0 saturated heterocycles. The van der Waals surface area contributed by atoms with Crippen LogP contribution in [0.1, 0.15) is 38.2 Å². The lowest BCUT2D eigenvalue weighted by Gasteiger charge is -2.04. The number of aromatic carboxylic acids is 1. The zero-order valence-corrected chi connectivity index (χ0v) is 76.7. The Bertz CT molecular complexity index is 8450. The van der Waals surface area contributed by atoms with Gasteiger partial charge in [-0.25, -0.2) is 39.4 Å². The van der Waals surface area contributed by atoms with Gasteiger partial charge in [0.15, 0.2) is 57.9 Å². The maximum Gasteiger partial charge on any atom is 0.335 e. The number of nitrogens with zero attached hydrogens (tertiary/aromatic N) is 20. The van der Waals surface area contributed by atoms with E-state index in [1.165, 1.54) is 12.1 Å². The molecule has 23 rings (SSSR count). The van der Waals surface area contributed by atoms with Crippen LogP contribution >= 0.6 is 0 Å². The van der Waals surface area contributed by atoms with Crippen molar-refractivity contribution in [3.63, 3.8) is 0 Å². The molecule has 13 heterocycles. The number of aromatic amines is 5. The Morgan fingerprint density at radius 2 is 0.652 bits per heavy atom. The first kappa shape index (κ1) is 91.3. The van der Waals surface area contributed by atoms with E-state index in [2.05, 4.69) is 95.6 Å². The maximum atomic E-state index is 11.1. The summed E-state index contributed by atoms with van der Waals surface area (Å²) in [6.07, 6.45) is 8.76. The van der Waals surface area contributed by atoms with Gasteiger partial charge in [0.25, 0.3) is 0 Å². The van der Waals surface area contributed by atoms with Gasteiger partial charge in [0, 0.05) is 119 Å². The number of aromatic nitrogens is 25. The van der Waals surface area contributed by atoms with Crippen molar-refractivity contribution in [2.75, 3.05) is 7.11 Å². The second kappa shape index (κ2) is 39.2. The molecule has 37 nitrogen and oxygen atoms in total. The summed E-state index contributed by atoms with van der Waals surface area (Å²) in [4.78, 5) is 58.3. The molecule has 37 heteroatoms. The number of nitrogens with one attached hydrogen (secondary N) is 5. The van der Waals surface area contributed by atoms with E-state index < -0.39 is 5.97 Å². The molecule has 13 aromatic heterocycles. The Morgan fingerprint density at radius 1 is 0.348 bits per heavy atom. The summed E-state index contributed by atoms with van der Waals surface area (Å²) in [5, 5.41) is 103. The normalized spacial score (nSPS) is 11.2. The van der Waals surface area contributed by atoms with Crippen molar-refractivity contribution in [2.24, 2.45) is 52.4 Å². The van der Waals surface area contributed by atoms with Crippen molar-refractivity contribution in [3.05, 3.63) is 313 Å². The zero-order valence-electron chi connectivity index (χ0n) is 76.7. The van der Waals surface area contributed by atoms with Crippen LogP contribution in [0.15, 0.2) is 280 Å². The Labute approximate surface area is 801 Å². The molecule has 0 spiro atoms. The van der Waals surface area contributed by atoms with Gasteiger partial charge in [-0.2, -0.15) is 25.5 Å². The molecule has 0 aliphatic heterocycles. The van der Waals surface area contributed by atoms with Gasteiger partial charge in [-0.1, -0.05) is 163 Å². The first-order valence-corrected chi connectivity index (χ1v) is 44.4.